The lowest BCUT2D eigenvalue weighted by Gasteiger charge is -2.09. The predicted octanol–water partition coefficient (Wildman–Crippen LogP) is 4.44. The summed E-state index contributed by atoms with van der Waals surface area (Å²) < 4.78 is 10.1. The first kappa shape index (κ1) is 25.9. The van der Waals surface area contributed by atoms with E-state index < -0.39 is 24.5 Å². The highest BCUT2D eigenvalue weighted by atomic mass is 35.5. The van der Waals surface area contributed by atoms with E-state index in [0.29, 0.717) is 28.6 Å². The number of amides is 2. The van der Waals surface area contributed by atoms with Crippen molar-refractivity contribution in [1.29, 1.82) is 0 Å². The molecule has 0 saturated carbocycles. The highest BCUT2D eigenvalue weighted by Gasteiger charge is 2.11. The van der Waals surface area contributed by atoms with Gasteiger partial charge in [0.2, 0.25) is 5.91 Å². The Balaban J connectivity index is 1.64. The van der Waals surface area contributed by atoms with E-state index in [-0.39, 0.29) is 31.1 Å². The van der Waals surface area contributed by atoms with Crippen LogP contribution in [0.3, 0.4) is 0 Å². The third-order valence-corrected chi connectivity index (χ3v) is 4.44. The molecule has 9 heteroatoms. The fourth-order valence-electron chi connectivity index (χ4n) is 2.61. The fourth-order valence-corrected chi connectivity index (χ4v) is 2.80. The zero-order chi connectivity index (χ0) is 24.2. The summed E-state index contributed by atoms with van der Waals surface area (Å²) >= 11 is 5.84. The van der Waals surface area contributed by atoms with Crippen molar-refractivity contribution in [2.45, 2.75) is 33.1 Å². The van der Waals surface area contributed by atoms with Gasteiger partial charge in [-0.25, -0.2) is 4.79 Å². The Morgan fingerprint density at radius 1 is 0.879 bits per heavy atom. The lowest BCUT2D eigenvalue weighted by Crippen LogP contribution is -2.21. The van der Waals surface area contributed by atoms with Crippen molar-refractivity contribution < 1.29 is 28.7 Å². The van der Waals surface area contributed by atoms with Crippen LogP contribution in [0, 0.1) is 5.92 Å². The molecule has 0 aromatic heterocycles. The minimum Gasteiger partial charge on any atom is -0.462 e. The highest BCUT2D eigenvalue weighted by molar-refractivity contribution is 6.30. The first-order valence-corrected chi connectivity index (χ1v) is 10.9. The van der Waals surface area contributed by atoms with Crippen LogP contribution in [-0.2, 0) is 23.9 Å². The lowest BCUT2D eigenvalue weighted by atomic mass is 10.2. The number of rotatable bonds is 11. The number of esters is 2. The number of halogens is 1. The summed E-state index contributed by atoms with van der Waals surface area (Å²) in [6.45, 7) is 3.81. The maximum absolute atomic E-state index is 12.1. The molecular weight excluding hydrogens is 448 g/mol. The molecule has 8 nitrogen and oxygen atoms in total. The van der Waals surface area contributed by atoms with E-state index >= 15 is 0 Å². The Kier molecular flexibility index (Phi) is 10.4. The second-order valence-corrected chi connectivity index (χ2v) is 8.13. The maximum Gasteiger partial charge on any atom is 0.338 e. The largest absolute Gasteiger partial charge is 0.462 e. The summed E-state index contributed by atoms with van der Waals surface area (Å²) in [5, 5.41) is 5.74. The molecule has 0 saturated heterocycles. The van der Waals surface area contributed by atoms with Gasteiger partial charge in [-0.3, -0.25) is 14.4 Å². The molecule has 0 atom stereocenters. The van der Waals surface area contributed by atoms with Gasteiger partial charge in [0.05, 0.1) is 12.2 Å². The Labute approximate surface area is 197 Å². The fraction of sp³-hybridized carbons (Fsp3) is 0.333. The van der Waals surface area contributed by atoms with Crippen molar-refractivity contribution in [3.63, 3.8) is 0 Å². The SMILES string of the molecule is CC(C)COC(=O)c1ccc(NC(=O)CCCC(=O)OCC(=O)Nc2cccc(Cl)c2)cc1. The summed E-state index contributed by atoms with van der Waals surface area (Å²) in [6, 6.07) is 13.0. The van der Waals surface area contributed by atoms with Gasteiger partial charge in [0, 0.05) is 29.2 Å². The van der Waals surface area contributed by atoms with Gasteiger partial charge in [0.15, 0.2) is 6.61 Å². The van der Waals surface area contributed by atoms with Gasteiger partial charge in [-0.1, -0.05) is 31.5 Å². The van der Waals surface area contributed by atoms with Crippen LogP contribution in [0.4, 0.5) is 11.4 Å². The number of hydrogen-bond donors (Lipinski definition) is 2. The van der Waals surface area contributed by atoms with Gasteiger partial charge < -0.3 is 20.1 Å². The summed E-state index contributed by atoms with van der Waals surface area (Å²) in [5.41, 5.74) is 1.43. The van der Waals surface area contributed by atoms with E-state index in [1.807, 2.05) is 13.8 Å². The third kappa shape index (κ3) is 10.2. The Morgan fingerprint density at radius 3 is 2.24 bits per heavy atom. The normalized spacial score (nSPS) is 10.4. The molecule has 33 heavy (non-hydrogen) atoms. The van der Waals surface area contributed by atoms with Gasteiger partial charge in [-0.05, 0) is 54.8 Å². The van der Waals surface area contributed by atoms with Crippen LogP contribution in [-0.4, -0.2) is 37.0 Å². The van der Waals surface area contributed by atoms with Crippen LogP contribution < -0.4 is 10.6 Å². The molecule has 0 aliphatic rings. The average Bonchev–Trinajstić information content (AvgIpc) is 2.76. The summed E-state index contributed by atoms with van der Waals surface area (Å²) in [5.74, 6) is -1.51. The Hall–Kier alpha value is -3.39. The molecule has 2 N–H and O–H groups in total. The molecule has 0 spiro atoms. The van der Waals surface area contributed by atoms with Crippen molar-refractivity contribution in [3.05, 3.63) is 59.1 Å². The van der Waals surface area contributed by atoms with Crippen LogP contribution in [0.1, 0.15) is 43.5 Å². The Bertz CT molecular complexity index is 975. The maximum atomic E-state index is 12.1. The molecule has 2 aromatic carbocycles. The molecule has 0 heterocycles. The van der Waals surface area contributed by atoms with E-state index in [2.05, 4.69) is 10.6 Å². The summed E-state index contributed by atoms with van der Waals surface area (Å²) in [4.78, 5) is 47.6. The molecule has 0 radical (unpaired) electrons. The van der Waals surface area contributed by atoms with E-state index in [4.69, 9.17) is 21.1 Å². The number of nitrogens with one attached hydrogen (secondary N) is 2. The summed E-state index contributed by atoms with van der Waals surface area (Å²) in [6.07, 6.45) is 0.362. The average molecular weight is 475 g/mol. The number of benzene rings is 2. The van der Waals surface area contributed by atoms with Crippen molar-refractivity contribution in [2.75, 3.05) is 23.8 Å². The van der Waals surface area contributed by atoms with E-state index in [1.54, 1.807) is 48.5 Å². The van der Waals surface area contributed by atoms with Crippen LogP contribution in [0.25, 0.3) is 0 Å². The highest BCUT2D eigenvalue weighted by Crippen LogP contribution is 2.15. The van der Waals surface area contributed by atoms with Crippen LogP contribution in [0.2, 0.25) is 5.02 Å². The molecule has 176 valence electrons. The quantitative estimate of drug-likeness (QED) is 0.466. The van der Waals surface area contributed by atoms with Crippen molar-refractivity contribution in [2.24, 2.45) is 5.92 Å². The second-order valence-electron chi connectivity index (χ2n) is 7.69. The molecule has 0 unspecified atom stereocenters. The van der Waals surface area contributed by atoms with Crippen LogP contribution >= 0.6 is 11.6 Å². The topological polar surface area (TPSA) is 111 Å². The molecule has 0 fully saturated rings. The van der Waals surface area contributed by atoms with Crippen molar-refractivity contribution >= 4 is 46.7 Å². The zero-order valence-corrected chi connectivity index (χ0v) is 19.3. The Morgan fingerprint density at radius 2 is 1.58 bits per heavy atom. The smallest absolute Gasteiger partial charge is 0.338 e. The molecular formula is C24H27ClN2O6. The number of anilines is 2. The molecule has 2 amide bonds. The van der Waals surface area contributed by atoms with Crippen molar-refractivity contribution in [3.8, 4) is 0 Å². The monoisotopic (exact) mass is 474 g/mol. The molecule has 2 rings (SSSR count). The van der Waals surface area contributed by atoms with E-state index in [9.17, 15) is 19.2 Å². The van der Waals surface area contributed by atoms with E-state index in [1.165, 1.54) is 0 Å². The minimum absolute atomic E-state index is 0.00149. The molecule has 0 aliphatic heterocycles. The first-order chi connectivity index (χ1) is 15.7. The standard InChI is InChI=1S/C24H27ClN2O6/c1-16(2)14-33-24(31)17-9-11-19(12-10-17)26-21(28)7-4-8-23(30)32-15-22(29)27-20-6-3-5-18(25)13-20/h3,5-6,9-13,16H,4,7-8,14-15H2,1-2H3,(H,26,28)(H,27,29). The zero-order valence-electron chi connectivity index (χ0n) is 18.6. The van der Waals surface area contributed by atoms with Crippen molar-refractivity contribution in [1.82, 2.24) is 0 Å². The van der Waals surface area contributed by atoms with Gasteiger partial charge >= 0.3 is 11.9 Å². The van der Waals surface area contributed by atoms with Crippen LogP contribution in [0.5, 0.6) is 0 Å². The first-order valence-electron chi connectivity index (χ1n) is 10.5. The van der Waals surface area contributed by atoms with E-state index in [0.717, 1.165) is 0 Å². The summed E-state index contributed by atoms with van der Waals surface area (Å²) in [7, 11) is 0. The number of carbonyl (C=O) groups excluding carboxylic acids is 4. The third-order valence-electron chi connectivity index (χ3n) is 4.21. The van der Waals surface area contributed by atoms with Crippen LogP contribution in [0.15, 0.2) is 48.5 Å². The molecule has 0 bridgehead atoms. The van der Waals surface area contributed by atoms with Gasteiger partial charge in [-0.2, -0.15) is 0 Å². The number of hydrogen-bond acceptors (Lipinski definition) is 6. The van der Waals surface area contributed by atoms with Gasteiger partial charge in [0.1, 0.15) is 0 Å². The molecule has 0 aliphatic carbocycles. The second kappa shape index (κ2) is 13.2. The van der Waals surface area contributed by atoms with Gasteiger partial charge in [-0.15, -0.1) is 0 Å². The molecule has 2 aromatic rings. The number of ether oxygens (including phenoxy) is 2. The number of carbonyl (C=O) groups is 4. The predicted molar refractivity (Wildman–Crippen MR) is 125 cm³/mol. The van der Waals surface area contributed by atoms with Gasteiger partial charge in [0.25, 0.3) is 5.91 Å². The minimum atomic E-state index is -0.576. The lowest BCUT2D eigenvalue weighted by molar-refractivity contribution is -0.147.